The number of hydrogen-bond acceptors (Lipinski definition) is 4. The molecule has 0 aliphatic heterocycles. The number of benzene rings is 1. The monoisotopic (exact) mass is 251 g/mol. The van der Waals surface area contributed by atoms with Crippen LogP contribution in [0.25, 0.3) is 0 Å². The molecular formula is C13H17NO4. The molecule has 1 aromatic rings. The second kappa shape index (κ2) is 4.86. The van der Waals surface area contributed by atoms with Gasteiger partial charge in [0.05, 0.1) is 13.7 Å². The number of ether oxygens (including phenoxy) is 2. The third-order valence-corrected chi connectivity index (χ3v) is 3.34. The van der Waals surface area contributed by atoms with Crippen LogP contribution in [-0.2, 0) is 0 Å². The number of methoxy groups -OCH3 is 1. The molecule has 1 saturated carbocycles. The first kappa shape index (κ1) is 12.7. The molecule has 2 rings (SSSR count). The summed E-state index contributed by atoms with van der Waals surface area (Å²) in [6, 6.07) is 4.82. The van der Waals surface area contributed by atoms with Gasteiger partial charge in [-0.1, -0.05) is 6.07 Å². The van der Waals surface area contributed by atoms with Crippen LogP contribution in [0.15, 0.2) is 18.2 Å². The van der Waals surface area contributed by atoms with Gasteiger partial charge in [0.1, 0.15) is 5.56 Å². The first-order valence-corrected chi connectivity index (χ1v) is 5.85. The largest absolute Gasteiger partial charge is 0.493 e. The number of carbonyl (C=O) groups is 1. The second-order valence-electron chi connectivity index (χ2n) is 4.63. The normalized spacial score (nSPS) is 16.1. The number of para-hydroxylation sites is 1. The van der Waals surface area contributed by atoms with Gasteiger partial charge in [0.25, 0.3) is 0 Å². The molecule has 0 amide bonds. The Morgan fingerprint density at radius 1 is 1.50 bits per heavy atom. The second-order valence-corrected chi connectivity index (χ2v) is 4.63. The third-order valence-electron chi connectivity index (χ3n) is 3.34. The van der Waals surface area contributed by atoms with Crippen LogP contribution in [0.5, 0.6) is 11.5 Å². The van der Waals surface area contributed by atoms with Crippen LogP contribution >= 0.6 is 0 Å². The number of nitrogens with two attached hydrogens (primary N) is 1. The Labute approximate surface area is 106 Å². The average molecular weight is 251 g/mol. The van der Waals surface area contributed by atoms with Crippen molar-refractivity contribution in [1.82, 2.24) is 0 Å². The highest BCUT2D eigenvalue weighted by Crippen LogP contribution is 2.45. The van der Waals surface area contributed by atoms with E-state index in [0.717, 1.165) is 12.8 Å². The Morgan fingerprint density at radius 3 is 2.72 bits per heavy atom. The summed E-state index contributed by atoms with van der Waals surface area (Å²) in [6.45, 7) is 0.995. The zero-order chi connectivity index (χ0) is 13.2. The van der Waals surface area contributed by atoms with E-state index in [4.69, 9.17) is 20.3 Å². The fourth-order valence-electron chi connectivity index (χ4n) is 1.80. The zero-order valence-corrected chi connectivity index (χ0v) is 10.3. The zero-order valence-electron chi connectivity index (χ0n) is 10.3. The molecule has 1 fully saturated rings. The number of hydrogen-bond donors (Lipinski definition) is 2. The molecule has 0 radical (unpaired) electrons. The van der Waals surface area contributed by atoms with E-state index in [1.807, 2.05) is 0 Å². The third kappa shape index (κ3) is 2.41. The van der Waals surface area contributed by atoms with Gasteiger partial charge in [0.15, 0.2) is 11.5 Å². The summed E-state index contributed by atoms with van der Waals surface area (Å²) in [6.07, 6.45) is 2.06. The van der Waals surface area contributed by atoms with Crippen LogP contribution in [0.2, 0.25) is 0 Å². The Kier molecular flexibility index (Phi) is 3.43. The van der Waals surface area contributed by atoms with Gasteiger partial charge in [-0.2, -0.15) is 0 Å². The predicted octanol–water partition coefficient (Wildman–Crippen LogP) is 1.51. The maximum Gasteiger partial charge on any atom is 0.339 e. The number of carboxylic acids is 1. The van der Waals surface area contributed by atoms with Gasteiger partial charge in [-0.3, -0.25) is 0 Å². The summed E-state index contributed by atoms with van der Waals surface area (Å²) in [5.41, 5.74) is 5.81. The Bertz CT molecular complexity index is 454. The van der Waals surface area contributed by atoms with Gasteiger partial charge in [-0.15, -0.1) is 0 Å². The van der Waals surface area contributed by atoms with E-state index in [2.05, 4.69) is 0 Å². The van der Waals surface area contributed by atoms with Crippen molar-refractivity contribution in [2.45, 2.75) is 12.8 Å². The van der Waals surface area contributed by atoms with Crippen LogP contribution in [0, 0.1) is 5.41 Å². The highest BCUT2D eigenvalue weighted by atomic mass is 16.5. The van der Waals surface area contributed by atoms with Crippen LogP contribution < -0.4 is 15.2 Å². The minimum Gasteiger partial charge on any atom is -0.493 e. The molecule has 0 saturated heterocycles. The lowest BCUT2D eigenvalue weighted by Crippen LogP contribution is -2.23. The molecule has 0 atom stereocenters. The summed E-state index contributed by atoms with van der Waals surface area (Å²) in [7, 11) is 1.49. The lowest BCUT2D eigenvalue weighted by atomic mass is 10.1. The van der Waals surface area contributed by atoms with Crippen LogP contribution in [0.1, 0.15) is 23.2 Å². The van der Waals surface area contributed by atoms with Crippen molar-refractivity contribution in [3.63, 3.8) is 0 Å². The smallest absolute Gasteiger partial charge is 0.339 e. The van der Waals surface area contributed by atoms with Gasteiger partial charge in [0, 0.05) is 12.0 Å². The number of carboxylic acid groups (broad SMARTS) is 1. The Balaban J connectivity index is 2.21. The highest BCUT2D eigenvalue weighted by molar-refractivity contribution is 5.92. The fraction of sp³-hybridized carbons (Fsp3) is 0.462. The maximum atomic E-state index is 11.1. The summed E-state index contributed by atoms with van der Waals surface area (Å²) in [5.74, 6) is -0.309. The van der Waals surface area contributed by atoms with Gasteiger partial charge in [-0.25, -0.2) is 4.79 Å². The van der Waals surface area contributed by atoms with Crippen molar-refractivity contribution in [2.24, 2.45) is 11.1 Å². The van der Waals surface area contributed by atoms with E-state index in [0.29, 0.717) is 18.9 Å². The topological polar surface area (TPSA) is 81.8 Å². The van der Waals surface area contributed by atoms with E-state index in [1.54, 1.807) is 12.1 Å². The Hall–Kier alpha value is -1.75. The van der Waals surface area contributed by atoms with Crippen molar-refractivity contribution in [3.05, 3.63) is 23.8 Å². The van der Waals surface area contributed by atoms with Crippen molar-refractivity contribution in [1.29, 1.82) is 0 Å². The summed E-state index contributed by atoms with van der Waals surface area (Å²) >= 11 is 0. The number of rotatable bonds is 6. The average Bonchev–Trinajstić information content (AvgIpc) is 3.16. The van der Waals surface area contributed by atoms with Crippen LogP contribution in [0.4, 0.5) is 0 Å². The maximum absolute atomic E-state index is 11.1. The highest BCUT2D eigenvalue weighted by Gasteiger charge is 2.42. The molecule has 18 heavy (non-hydrogen) atoms. The molecule has 0 unspecified atom stereocenters. The van der Waals surface area contributed by atoms with Crippen molar-refractivity contribution >= 4 is 5.97 Å². The molecular weight excluding hydrogens is 234 g/mol. The number of aromatic carboxylic acids is 1. The van der Waals surface area contributed by atoms with Crippen LogP contribution in [0.3, 0.4) is 0 Å². The van der Waals surface area contributed by atoms with Crippen molar-refractivity contribution in [2.75, 3.05) is 20.3 Å². The molecule has 3 N–H and O–H groups in total. The minimum absolute atomic E-state index is 0.0244. The SMILES string of the molecule is COc1cccc(C(=O)O)c1OCC1(CN)CC1. The predicted molar refractivity (Wildman–Crippen MR) is 66.2 cm³/mol. The molecule has 1 aliphatic rings. The van der Waals surface area contributed by atoms with E-state index in [9.17, 15) is 4.79 Å². The summed E-state index contributed by atoms with van der Waals surface area (Å²) in [5, 5.41) is 9.13. The fourth-order valence-corrected chi connectivity index (χ4v) is 1.80. The van der Waals surface area contributed by atoms with Gasteiger partial charge >= 0.3 is 5.97 Å². The van der Waals surface area contributed by atoms with E-state index < -0.39 is 5.97 Å². The molecule has 0 heterocycles. The minimum atomic E-state index is -1.03. The summed E-state index contributed by atoms with van der Waals surface area (Å²) < 4.78 is 10.8. The van der Waals surface area contributed by atoms with Crippen molar-refractivity contribution in [3.8, 4) is 11.5 Å². The molecule has 1 aromatic carbocycles. The van der Waals surface area contributed by atoms with Crippen LogP contribution in [-0.4, -0.2) is 31.3 Å². The molecule has 98 valence electrons. The van der Waals surface area contributed by atoms with Gasteiger partial charge in [-0.05, 0) is 25.0 Å². The molecule has 1 aliphatic carbocycles. The molecule has 0 bridgehead atoms. The van der Waals surface area contributed by atoms with E-state index in [-0.39, 0.29) is 16.7 Å². The van der Waals surface area contributed by atoms with E-state index in [1.165, 1.54) is 13.2 Å². The first-order valence-electron chi connectivity index (χ1n) is 5.85. The molecule has 5 heteroatoms. The lowest BCUT2D eigenvalue weighted by molar-refractivity contribution is 0.0690. The molecule has 0 aromatic heterocycles. The lowest BCUT2D eigenvalue weighted by Gasteiger charge is -2.17. The van der Waals surface area contributed by atoms with Gasteiger partial charge < -0.3 is 20.3 Å². The summed E-state index contributed by atoms with van der Waals surface area (Å²) in [4.78, 5) is 11.1. The molecule has 5 nitrogen and oxygen atoms in total. The molecule has 0 spiro atoms. The van der Waals surface area contributed by atoms with E-state index >= 15 is 0 Å². The quantitative estimate of drug-likeness (QED) is 0.801. The Morgan fingerprint density at radius 2 is 2.22 bits per heavy atom. The van der Waals surface area contributed by atoms with Crippen molar-refractivity contribution < 1.29 is 19.4 Å². The first-order chi connectivity index (χ1) is 8.62. The standard InChI is InChI=1S/C13H17NO4/c1-17-10-4-2-3-9(12(15)16)11(10)18-8-13(7-14)5-6-13/h2-4H,5-8,14H2,1H3,(H,15,16). The van der Waals surface area contributed by atoms with Gasteiger partial charge in [0.2, 0.25) is 0 Å².